The third-order valence-electron chi connectivity index (χ3n) is 4.67. The number of anilines is 2. The van der Waals surface area contributed by atoms with Gasteiger partial charge in [-0.2, -0.15) is 13.2 Å². The first-order valence-corrected chi connectivity index (χ1v) is 11.1. The second-order valence-electron chi connectivity index (χ2n) is 6.79. The van der Waals surface area contributed by atoms with Crippen molar-refractivity contribution in [3.63, 3.8) is 0 Å². The number of halogens is 5. The van der Waals surface area contributed by atoms with Gasteiger partial charge in [-0.05, 0) is 49.7 Å². The molecule has 0 fully saturated rings. The van der Waals surface area contributed by atoms with Crippen molar-refractivity contribution in [2.75, 3.05) is 28.8 Å². The Balaban J connectivity index is 2.02. The predicted molar refractivity (Wildman–Crippen MR) is 108 cm³/mol. The van der Waals surface area contributed by atoms with Crippen LogP contribution in [0.25, 0.3) is 0 Å². The molecule has 2 aromatic rings. The van der Waals surface area contributed by atoms with Crippen LogP contribution in [0, 0.1) is 0 Å². The maximum Gasteiger partial charge on any atom is 0.416 e. The molecule has 1 aliphatic rings. The van der Waals surface area contributed by atoms with Gasteiger partial charge in [-0.1, -0.05) is 22.0 Å². The summed E-state index contributed by atoms with van der Waals surface area (Å²) < 4.78 is 80.5. The largest absolute Gasteiger partial charge is 0.416 e. The van der Waals surface area contributed by atoms with Crippen LogP contribution in [0.5, 0.6) is 0 Å². The Hall–Kier alpha value is -1.81. The Morgan fingerprint density at radius 2 is 1.83 bits per heavy atom. The van der Waals surface area contributed by atoms with Gasteiger partial charge in [0.1, 0.15) is 0 Å². The molecular formula is C19H19BrF4N2O2S. The molecule has 0 bridgehead atoms. The molecule has 1 heterocycles. The molecular weight excluding hydrogens is 476 g/mol. The summed E-state index contributed by atoms with van der Waals surface area (Å²) in [6.45, 7) is 2.21. The fraction of sp³-hybridized carbons (Fsp3) is 0.368. The highest BCUT2D eigenvalue weighted by molar-refractivity contribution is 9.10. The highest BCUT2D eigenvalue weighted by atomic mass is 79.9. The average Bonchev–Trinajstić information content (AvgIpc) is 2.65. The molecule has 29 heavy (non-hydrogen) atoms. The van der Waals surface area contributed by atoms with Gasteiger partial charge in [-0.15, -0.1) is 0 Å². The monoisotopic (exact) mass is 494 g/mol. The van der Waals surface area contributed by atoms with Crippen LogP contribution in [-0.4, -0.2) is 34.2 Å². The summed E-state index contributed by atoms with van der Waals surface area (Å²) in [6.07, 6.45) is -5.36. The number of fused-ring (bicyclic) bond motifs is 1. The predicted octanol–water partition coefficient (Wildman–Crippen LogP) is 5.23. The first-order valence-electron chi connectivity index (χ1n) is 8.89. The quantitative estimate of drug-likeness (QED) is 0.534. The lowest BCUT2D eigenvalue weighted by Crippen LogP contribution is -2.44. The Bertz CT molecular complexity index is 996. The van der Waals surface area contributed by atoms with E-state index in [-0.39, 0.29) is 13.0 Å². The molecule has 0 aromatic heterocycles. The third kappa shape index (κ3) is 4.69. The molecule has 3 rings (SSSR count). The topological polar surface area (TPSA) is 40.6 Å². The molecule has 0 aliphatic carbocycles. The van der Waals surface area contributed by atoms with E-state index in [1.165, 1.54) is 6.92 Å². The van der Waals surface area contributed by atoms with Crippen molar-refractivity contribution in [3.8, 4) is 0 Å². The molecule has 1 unspecified atom stereocenters. The van der Waals surface area contributed by atoms with Gasteiger partial charge in [-0.3, -0.25) is 4.31 Å². The van der Waals surface area contributed by atoms with Gasteiger partial charge in [0.25, 0.3) is 10.0 Å². The summed E-state index contributed by atoms with van der Waals surface area (Å²) in [5, 5.41) is 0. The van der Waals surface area contributed by atoms with Crippen LogP contribution < -0.4 is 9.21 Å². The second-order valence-corrected chi connectivity index (χ2v) is 9.57. The first kappa shape index (κ1) is 21.9. The fourth-order valence-electron chi connectivity index (χ4n) is 3.19. The minimum absolute atomic E-state index is 0.0443. The number of rotatable bonds is 5. The molecule has 0 N–H and O–H groups in total. The molecule has 10 heteroatoms. The molecule has 0 saturated carbocycles. The highest BCUT2D eigenvalue weighted by Crippen LogP contribution is 2.39. The van der Waals surface area contributed by atoms with E-state index in [2.05, 4.69) is 15.9 Å². The molecule has 1 aliphatic heterocycles. The second kappa shape index (κ2) is 8.14. The van der Waals surface area contributed by atoms with Gasteiger partial charge in [0.05, 0.1) is 34.6 Å². The molecule has 2 aromatic carbocycles. The first-order chi connectivity index (χ1) is 13.5. The molecule has 158 valence electrons. The van der Waals surface area contributed by atoms with Crippen molar-refractivity contribution in [1.82, 2.24) is 0 Å². The third-order valence-corrected chi connectivity index (χ3v) is 6.97. The van der Waals surface area contributed by atoms with Crippen LogP contribution in [-0.2, 0) is 16.2 Å². The number of hydrogen-bond donors (Lipinski definition) is 0. The summed E-state index contributed by atoms with van der Waals surface area (Å²) in [7, 11) is -4.22. The maximum atomic E-state index is 13.3. The van der Waals surface area contributed by atoms with E-state index < -0.39 is 32.8 Å². The van der Waals surface area contributed by atoms with Gasteiger partial charge in [0.2, 0.25) is 0 Å². The lowest BCUT2D eigenvalue weighted by molar-refractivity contribution is -0.137. The van der Waals surface area contributed by atoms with Crippen molar-refractivity contribution in [2.45, 2.75) is 30.6 Å². The summed E-state index contributed by atoms with van der Waals surface area (Å²) >= 11 is 3.31. The maximum absolute atomic E-state index is 13.3. The van der Waals surface area contributed by atoms with Crippen molar-refractivity contribution < 1.29 is 26.0 Å². The smallest absolute Gasteiger partial charge is 0.368 e. The average molecular weight is 495 g/mol. The fourth-order valence-corrected chi connectivity index (χ4v) is 5.05. The van der Waals surface area contributed by atoms with E-state index in [1.807, 2.05) is 4.90 Å². The zero-order valence-electron chi connectivity index (χ0n) is 15.5. The summed E-state index contributed by atoms with van der Waals surface area (Å²) in [4.78, 5) is 1.46. The van der Waals surface area contributed by atoms with Crippen molar-refractivity contribution in [2.24, 2.45) is 0 Å². The van der Waals surface area contributed by atoms with Gasteiger partial charge in [0, 0.05) is 17.6 Å². The number of sulfonamides is 1. The molecule has 4 nitrogen and oxygen atoms in total. The SMILES string of the molecule is CC(F)CCN1CCN(S(=O)(=O)c2cccc(C(F)(F)F)c2)c2cc(Br)ccc21. The summed E-state index contributed by atoms with van der Waals surface area (Å²) in [5.41, 5.74) is -0.0891. The van der Waals surface area contributed by atoms with Gasteiger partial charge in [-0.25, -0.2) is 12.8 Å². The molecule has 0 amide bonds. The van der Waals surface area contributed by atoms with Crippen LogP contribution in [0.4, 0.5) is 28.9 Å². The molecule has 0 radical (unpaired) electrons. The van der Waals surface area contributed by atoms with Crippen LogP contribution in [0.3, 0.4) is 0 Å². The van der Waals surface area contributed by atoms with Gasteiger partial charge >= 0.3 is 6.18 Å². The number of benzene rings is 2. The zero-order valence-corrected chi connectivity index (χ0v) is 17.9. The Kier molecular flexibility index (Phi) is 6.14. The van der Waals surface area contributed by atoms with Crippen molar-refractivity contribution in [1.29, 1.82) is 0 Å². The Labute approximate surface area is 175 Å². The summed E-state index contributed by atoms with van der Waals surface area (Å²) in [6, 6.07) is 8.77. The Morgan fingerprint density at radius 3 is 2.48 bits per heavy atom. The minimum atomic E-state index is -4.64. The van der Waals surface area contributed by atoms with Crippen molar-refractivity contribution in [3.05, 3.63) is 52.5 Å². The van der Waals surface area contributed by atoms with Crippen LogP contribution in [0.15, 0.2) is 51.8 Å². The number of alkyl halides is 4. The highest BCUT2D eigenvalue weighted by Gasteiger charge is 2.35. The van der Waals surface area contributed by atoms with E-state index in [0.717, 1.165) is 22.5 Å². The van der Waals surface area contributed by atoms with Gasteiger partial charge in [0.15, 0.2) is 0 Å². The summed E-state index contributed by atoms with van der Waals surface area (Å²) in [5.74, 6) is 0. The zero-order chi connectivity index (χ0) is 21.4. The molecule has 0 spiro atoms. The van der Waals surface area contributed by atoms with E-state index in [1.54, 1.807) is 18.2 Å². The lowest BCUT2D eigenvalue weighted by atomic mass is 10.2. The standard InChI is InChI=1S/C19H19BrF4N2O2S/c1-13(21)7-8-25-9-10-26(18-12-15(20)5-6-17(18)25)29(27,28)16-4-2-3-14(11-16)19(22,23)24/h2-6,11-13H,7-10H2,1H3. The molecule has 1 atom stereocenters. The Morgan fingerprint density at radius 1 is 1.10 bits per heavy atom. The van der Waals surface area contributed by atoms with E-state index in [4.69, 9.17) is 0 Å². The van der Waals surface area contributed by atoms with Crippen LogP contribution >= 0.6 is 15.9 Å². The lowest BCUT2D eigenvalue weighted by Gasteiger charge is -2.38. The van der Waals surface area contributed by atoms with Crippen LogP contribution in [0.1, 0.15) is 18.9 Å². The number of nitrogens with zero attached hydrogens (tertiary/aromatic N) is 2. The molecule has 0 saturated heterocycles. The normalized spacial score (nSPS) is 15.9. The van der Waals surface area contributed by atoms with Gasteiger partial charge < -0.3 is 4.90 Å². The van der Waals surface area contributed by atoms with E-state index in [9.17, 15) is 26.0 Å². The minimum Gasteiger partial charge on any atom is -0.368 e. The van der Waals surface area contributed by atoms with Crippen LogP contribution in [0.2, 0.25) is 0 Å². The van der Waals surface area contributed by atoms with E-state index in [0.29, 0.717) is 35.0 Å². The number of hydrogen-bond acceptors (Lipinski definition) is 3. The van der Waals surface area contributed by atoms with E-state index >= 15 is 0 Å². The van der Waals surface area contributed by atoms with Crippen molar-refractivity contribution >= 4 is 37.3 Å².